The Morgan fingerprint density at radius 3 is 2.68 bits per heavy atom. The fourth-order valence-corrected chi connectivity index (χ4v) is 3.15. The molecule has 22 heavy (non-hydrogen) atoms. The van der Waals surface area contributed by atoms with Gasteiger partial charge in [-0.2, -0.15) is 0 Å². The zero-order chi connectivity index (χ0) is 15.9. The van der Waals surface area contributed by atoms with E-state index in [0.717, 1.165) is 47.9 Å². The molecule has 2 unspecified atom stereocenters. The van der Waals surface area contributed by atoms with Gasteiger partial charge < -0.3 is 15.2 Å². The van der Waals surface area contributed by atoms with E-state index in [1.165, 1.54) is 25.7 Å². The number of rotatable bonds is 5. The molecule has 1 aromatic rings. The predicted molar refractivity (Wildman–Crippen MR) is 89.9 cm³/mol. The molecule has 1 saturated carbocycles. The number of aliphatic imine (C=N–C) groups is 1. The van der Waals surface area contributed by atoms with Crippen LogP contribution in [0.15, 0.2) is 9.52 Å². The van der Waals surface area contributed by atoms with Crippen LogP contribution in [0.4, 0.5) is 0 Å². The van der Waals surface area contributed by atoms with Crippen molar-refractivity contribution in [2.45, 2.75) is 59.9 Å². The van der Waals surface area contributed by atoms with Crippen LogP contribution in [-0.4, -0.2) is 24.2 Å². The molecule has 0 bridgehead atoms. The number of aromatic nitrogens is 1. The molecular weight excluding hydrogens is 276 g/mol. The molecule has 2 N–H and O–H groups in total. The van der Waals surface area contributed by atoms with Gasteiger partial charge >= 0.3 is 0 Å². The first-order chi connectivity index (χ1) is 10.6. The van der Waals surface area contributed by atoms with Gasteiger partial charge in [0.15, 0.2) is 5.96 Å². The van der Waals surface area contributed by atoms with Gasteiger partial charge in [0.25, 0.3) is 0 Å². The fraction of sp³-hybridized carbons (Fsp3) is 0.765. The summed E-state index contributed by atoms with van der Waals surface area (Å²) in [5.41, 5.74) is 2.02. The lowest BCUT2D eigenvalue weighted by Crippen LogP contribution is -2.41. The lowest BCUT2D eigenvalue weighted by Gasteiger charge is -2.29. The van der Waals surface area contributed by atoms with Crippen molar-refractivity contribution < 1.29 is 4.52 Å². The molecule has 1 aliphatic carbocycles. The van der Waals surface area contributed by atoms with E-state index in [-0.39, 0.29) is 0 Å². The summed E-state index contributed by atoms with van der Waals surface area (Å²) in [6.45, 7) is 10.9. The van der Waals surface area contributed by atoms with Crippen LogP contribution in [0.2, 0.25) is 0 Å². The summed E-state index contributed by atoms with van der Waals surface area (Å²) in [6, 6.07) is 0. The minimum Gasteiger partial charge on any atom is -0.361 e. The second-order valence-corrected chi connectivity index (χ2v) is 6.40. The van der Waals surface area contributed by atoms with Gasteiger partial charge in [-0.1, -0.05) is 31.3 Å². The summed E-state index contributed by atoms with van der Waals surface area (Å²) in [7, 11) is 0. The molecule has 0 aromatic carbocycles. The zero-order valence-electron chi connectivity index (χ0n) is 14.4. The number of nitrogens with zero attached hydrogens (tertiary/aromatic N) is 2. The third-order valence-electron chi connectivity index (χ3n) is 4.74. The Morgan fingerprint density at radius 2 is 2.05 bits per heavy atom. The summed E-state index contributed by atoms with van der Waals surface area (Å²) in [5, 5.41) is 10.8. The third kappa shape index (κ3) is 4.49. The fourth-order valence-electron chi connectivity index (χ4n) is 3.15. The van der Waals surface area contributed by atoms with Crippen molar-refractivity contribution in [2.24, 2.45) is 16.8 Å². The van der Waals surface area contributed by atoms with Crippen LogP contribution in [0.3, 0.4) is 0 Å². The third-order valence-corrected chi connectivity index (χ3v) is 4.74. The zero-order valence-corrected chi connectivity index (χ0v) is 14.4. The van der Waals surface area contributed by atoms with Crippen LogP contribution in [0.25, 0.3) is 0 Å². The van der Waals surface area contributed by atoms with Gasteiger partial charge in [0, 0.05) is 18.7 Å². The smallest absolute Gasteiger partial charge is 0.191 e. The molecule has 0 saturated heterocycles. The highest BCUT2D eigenvalue weighted by atomic mass is 16.5. The van der Waals surface area contributed by atoms with E-state index in [1.54, 1.807) is 0 Å². The molecule has 2 rings (SSSR count). The molecule has 1 heterocycles. The van der Waals surface area contributed by atoms with Crippen molar-refractivity contribution in [3.05, 3.63) is 17.0 Å². The highest BCUT2D eigenvalue weighted by molar-refractivity contribution is 5.79. The van der Waals surface area contributed by atoms with E-state index in [2.05, 4.69) is 34.6 Å². The molecule has 1 aromatic heterocycles. The Balaban J connectivity index is 1.92. The molecule has 1 fully saturated rings. The Hall–Kier alpha value is -1.52. The number of guanidine groups is 1. The van der Waals surface area contributed by atoms with Crippen molar-refractivity contribution in [3.8, 4) is 0 Å². The highest BCUT2D eigenvalue weighted by Crippen LogP contribution is 2.28. The van der Waals surface area contributed by atoms with Crippen LogP contribution < -0.4 is 10.6 Å². The van der Waals surface area contributed by atoms with Crippen molar-refractivity contribution in [2.75, 3.05) is 13.1 Å². The van der Waals surface area contributed by atoms with Gasteiger partial charge in [-0.3, -0.25) is 0 Å². The maximum Gasteiger partial charge on any atom is 0.191 e. The Labute approximate surface area is 133 Å². The number of aryl methyl sites for hydroxylation is 2. The summed E-state index contributed by atoms with van der Waals surface area (Å²) >= 11 is 0. The summed E-state index contributed by atoms with van der Waals surface area (Å²) in [5.74, 6) is 3.32. The monoisotopic (exact) mass is 306 g/mol. The quantitative estimate of drug-likeness (QED) is 0.648. The van der Waals surface area contributed by atoms with Crippen LogP contribution in [0.1, 0.15) is 56.5 Å². The molecule has 0 spiro atoms. The van der Waals surface area contributed by atoms with Gasteiger partial charge in [0.05, 0.1) is 12.2 Å². The molecule has 2 atom stereocenters. The standard InChI is InChI=1S/C17H30N4O/c1-5-18-17(19-10-15-9-7-6-8-12(15)2)20-11-16-13(3)21-22-14(16)4/h12,15H,5-11H2,1-4H3,(H2,18,19,20). The lowest BCUT2D eigenvalue weighted by molar-refractivity contribution is 0.256. The largest absolute Gasteiger partial charge is 0.361 e. The molecule has 5 heteroatoms. The van der Waals surface area contributed by atoms with Crippen molar-refractivity contribution in [3.63, 3.8) is 0 Å². The number of hydrogen-bond acceptors (Lipinski definition) is 3. The minimum absolute atomic E-state index is 0.608. The molecule has 0 radical (unpaired) electrons. The van der Waals surface area contributed by atoms with E-state index >= 15 is 0 Å². The molecule has 5 nitrogen and oxygen atoms in total. The SMILES string of the molecule is CCNC(=NCc1c(C)noc1C)NCC1CCCCC1C. The Morgan fingerprint density at radius 1 is 1.27 bits per heavy atom. The van der Waals surface area contributed by atoms with Crippen molar-refractivity contribution >= 4 is 5.96 Å². The molecular formula is C17H30N4O. The lowest BCUT2D eigenvalue weighted by atomic mass is 9.80. The van der Waals surface area contributed by atoms with Gasteiger partial charge in [-0.25, -0.2) is 4.99 Å². The van der Waals surface area contributed by atoms with Crippen molar-refractivity contribution in [1.82, 2.24) is 15.8 Å². The first-order valence-electron chi connectivity index (χ1n) is 8.55. The predicted octanol–water partition coefficient (Wildman–Crippen LogP) is 3.17. The Kier molecular flexibility index (Phi) is 6.28. The van der Waals surface area contributed by atoms with Crippen molar-refractivity contribution in [1.29, 1.82) is 0 Å². The van der Waals surface area contributed by atoms with Crippen LogP contribution in [0, 0.1) is 25.7 Å². The van der Waals surface area contributed by atoms with Crippen LogP contribution in [-0.2, 0) is 6.54 Å². The number of hydrogen-bond donors (Lipinski definition) is 2. The molecule has 1 aliphatic rings. The average Bonchev–Trinajstić information content (AvgIpc) is 2.82. The minimum atomic E-state index is 0.608. The average molecular weight is 306 g/mol. The van der Waals surface area contributed by atoms with Crippen LogP contribution in [0.5, 0.6) is 0 Å². The van der Waals surface area contributed by atoms with E-state index in [9.17, 15) is 0 Å². The van der Waals surface area contributed by atoms with E-state index in [1.807, 2.05) is 13.8 Å². The number of nitrogens with one attached hydrogen (secondary N) is 2. The normalized spacial score (nSPS) is 22.6. The van der Waals surface area contributed by atoms with Crippen LogP contribution >= 0.6 is 0 Å². The van der Waals surface area contributed by atoms with Gasteiger partial charge in [0.1, 0.15) is 5.76 Å². The maximum atomic E-state index is 5.20. The second kappa shape index (κ2) is 8.20. The first-order valence-corrected chi connectivity index (χ1v) is 8.55. The Bertz CT molecular complexity index is 475. The first kappa shape index (κ1) is 16.8. The molecule has 0 aliphatic heterocycles. The van der Waals surface area contributed by atoms with E-state index in [4.69, 9.17) is 4.52 Å². The van der Waals surface area contributed by atoms with Gasteiger partial charge in [-0.15, -0.1) is 0 Å². The summed E-state index contributed by atoms with van der Waals surface area (Å²) in [4.78, 5) is 4.68. The topological polar surface area (TPSA) is 62.5 Å². The molecule has 124 valence electrons. The van der Waals surface area contributed by atoms with Gasteiger partial charge in [0.2, 0.25) is 0 Å². The molecule has 0 amide bonds. The maximum absolute atomic E-state index is 5.20. The summed E-state index contributed by atoms with van der Waals surface area (Å²) < 4.78 is 5.20. The van der Waals surface area contributed by atoms with Gasteiger partial charge in [-0.05, 0) is 39.0 Å². The second-order valence-electron chi connectivity index (χ2n) is 6.40. The summed E-state index contributed by atoms with van der Waals surface area (Å²) in [6.07, 6.45) is 5.44. The van der Waals surface area contributed by atoms with E-state index in [0.29, 0.717) is 6.54 Å². The highest BCUT2D eigenvalue weighted by Gasteiger charge is 2.21. The van der Waals surface area contributed by atoms with E-state index < -0.39 is 0 Å².